The van der Waals surface area contributed by atoms with E-state index in [0.717, 1.165) is 18.5 Å². The molecule has 6 heteroatoms. The fraction of sp³-hybridized carbons (Fsp3) is 0.706. The zero-order valence-corrected chi connectivity index (χ0v) is 14.2. The van der Waals surface area contributed by atoms with Gasteiger partial charge in [0.15, 0.2) is 0 Å². The first-order chi connectivity index (χ1) is 10.7. The van der Waals surface area contributed by atoms with Crippen LogP contribution in [-0.4, -0.2) is 44.8 Å². The van der Waals surface area contributed by atoms with E-state index < -0.39 is 11.9 Å². The molecule has 1 N–H and O–H groups in total. The predicted octanol–water partition coefficient (Wildman–Crippen LogP) is 2.13. The third-order valence-corrected chi connectivity index (χ3v) is 5.07. The van der Waals surface area contributed by atoms with E-state index in [0.29, 0.717) is 24.6 Å². The number of aromatic nitrogens is 2. The number of aliphatic carboxylic acids is 1. The maximum Gasteiger partial charge on any atom is 0.308 e. The summed E-state index contributed by atoms with van der Waals surface area (Å²) < 4.78 is 1.85. The average Bonchev–Trinajstić information content (AvgIpc) is 3.06. The van der Waals surface area contributed by atoms with Gasteiger partial charge in [-0.3, -0.25) is 14.3 Å². The molecule has 3 rings (SSSR count). The van der Waals surface area contributed by atoms with Gasteiger partial charge in [-0.05, 0) is 52.4 Å². The van der Waals surface area contributed by atoms with Crippen molar-refractivity contribution in [1.82, 2.24) is 14.7 Å². The van der Waals surface area contributed by atoms with Crippen LogP contribution in [0.3, 0.4) is 0 Å². The van der Waals surface area contributed by atoms with Crippen molar-refractivity contribution in [2.75, 3.05) is 13.1 Å². The van der Waals surface area contributed by atoms with Gasteiger partial charge in [0.25, 0.3) is 5.91 Å². The molecule has 0 unspecified atom stereocenters. The van der Waals surface area contributed by atoms with E-state index in [2.05, 4.69) is 5.10 Å². The van der Waals surface area contributed by atoms with Crippen molar-refractivity contribution in [2.45, 2.75) is 46.1 Å². The Morgan fingerprint density at radius 3 is 2.39 bits per heavy atom. The topological polar surface area (TPSA) is 75.4 Å². The largest absolute Gasteiger partial charge is 0.481 e. The molecule has 1 aliphatic carbocycles. The van der Waals surface area contributed by atoms with Crippen LogP contribution in [0.15, 0.2) is 6.20 Å². The Bertz CT molecular complexity index is 640. The lowest BCUT2D eigenvalue weighted by Gasteiger charge is -2.22. The molecule has 2 heterocycles. The summed E-state index contributed by atoms with van der Waals surface area (Å²) in [4.78, 5) is 26.0. The number of carbonyl (C=O) groups excluding carboxylic acids is 1. The molecule has 1 aromatic rings. The van der Waals surface area contributed by atoms with E-state index in [1.165, 1.54) is 0 Å². The molecule has 0 radical (unpaired) electrons. The number of rotatable bonds is 3. The minimum Gasteiger partial charge on any atom is -0.481 e. The molecular weight excluding hydrogens is 294 g/mol. The summed E-state index contributed by atoms with van der Waals surface area (Å²) in [5, 5.41) is 13.8. The Morgan fingerprint density at radius 2 is 1.91 bits per heavy atom. The van der Waals surface area contributed by atoms with Gasteiger partial charge in [0, 0.05) is 18.8 Å². The molecule has 1 saturated carbocycles. The van der Waals surface area contributed by atoms with Crippen LogP contribution in [0.4, 0.5) is 0 Å². The molecule has 0 bridgehead atoms. The lowest BCUT2D eigenvalue weighted by molar-refractivity contribution is -0.142. The van der Waals surface area contributed by atoms with E-state index in [-0.39, 0.29) is 17.4 Å². The lowest BCUT2D eigenvalue weighted by atomic mass is 9.92. The Kier molecular flexibility index (Phi) is 3.73. The van der Waals surface area contributed by atoms with Gasteiger partial charge in [-0.25, -0.2) is 0 Å². The van der Waals surface area contributed by atoms with E-state index in [1.54, 1.807) is 11.1 Å². The summed E-state index contributed by atoms with van der Waals surface area (Å²) in [7, 11) is 0. The maximum absolute atomic E-state index is 12.8. The highest BCUT2D eigenvalue weighted by Gasteiger charge is 2.47. The zero-order chi connectivity index (χ0) is 16.9. The van der Waals surface area contributed by atoms with Gasteiger partial charge in [0.2, 0.25) is 0 Å². The molecular formula is C17H25N3O3. The second-order valence-electron chi connectivity index (χ2n) is 7.88. The predicted molar refractivity (Wildman–Crippen MR) is 85.2 cm³/mol. The highest BCUT2D eigenvalue weighted by Crippen LogP contribution is 2.44. The average molecular weight is 319 g/mol. The van der Waals surface area contributed by atoms with Gasteiger partial charge < -0.3 is 10.0 Å². The summed E-state index contributed by atoms with van der Waals surface area (Å²) in [6.07, 6.45) is 3.80. The van der Waals surface area contributed by atoms with Crippen LogP contribution in [0.1, 0.15) is 49.7 Å². The molecule has 2 fully saturated rings. The van der Waals surface area contributed by atoms with Gasteiger partial charge in [0.05, 0.1) is 23.2 Å². The summed E-state index contributed by atoms with van der Waals surface area (Å²) >= 11 is 0. The summed E-state index contributed by atoms with van der Waals surface area (Å²) in [6, 6.07) is 0. The third-order valence-electron chi connectivity index (χ3n) is 5.07. The van der Waals surface area contributed by atoms with Crippen LogP contribution in [0.25, 0.3) is 0 Å². The first kappa shape index (κ1) is 16.0. The number of likely N-dealkylation sites (tertiary alicyclic amines) is 1. The molecule has 2 aliphatic rings. The van der Waals surface area contributed by atoms with Gasteiger partial charge >= 0.3 is 5.97 Å². The van der Waals surface area contributed by atoms with Crippen molar-refractivity contribution in [3.63, 3.8) is 0 Å². The van der Waals surface area contributed by atoms with Crippen LogP contribution < -0.4 is 0 Å². The number of carboxylic acids is 1. The Balaban J connectivity index is 1.81. The number of carboxylic acid groups (broad SMARTS) is 1. The SMILES string of the molecule is Cc1c(C(=O)N2C[C@H](C(=O)O)[C@@H](C3CC3)C2)cnn1C(C)(C)C. The van der Waals surface area contributed by atoms with E-state index in [4.69, 9.17) is 0 Å². The third kappa shape index (κ3) is 2.86. The number of nitrogens with zero attached hydrogens (tertiary/aromatic N) is 3. The van der Waals surface area contributed by atoms with Crippen molar-refractivity contribution in [3.8, 4) is 0 Å². The fourth-order valence-electron chi connectivity index (χ4n) is 3.72. The van der Waals surface area contributed by atoms with Crippen molar-refractivity contribution in [1.29, 1.82) is 0 Å². The summed E-state index contributed by atoms with van der Waals surface area (Å²) in [5.74, 6) is -0.710. The minimum atomic E-state index is -0.778. The second-order valence-corrected chi connectivity index (χ2v) is 7.88. The zero-order valence-electron chi connectivity index (χ0n) is 14.2. The molecule has 23 heavy (non-hydrogen) atoms. The van der Waals surface area contributed by atoms with Gasteiger partial charge in [-0.15, -0.1) is 0 Å². The van der Waals surface area contributed by atoms with Gasteiger partial charge in [0.1, 0.15) is 0 Å². The highest BCUT2D eigenvalue weighted by molar-refractivity contribution is 5.95. The van der Waals surface area contributed by atoms with Crippen molar-refractivity contribution in [2.24, 2.45) is 17.8 Å². The molecule has 2 atom stereocenters. The normalized spacial score (nSPS) is 25.0. The maximum atomic E-state index is 12.8. The number of hydrogen-bond acceptors (Lipinski definition) is 3. The minimum absolute atomic E-state index is 0.0904. The Morgan fingerprint density at radius 1 is 1.26 bits per heavy atom. The van der Waals surface area contributed by atoms with Crippen LogP contribution in [-0.2, 0) is 10.3 Å². The van der Waals surface area contributed by atoms with Crippen LogP contribution in [0, 0.1) is 24.7 Å². The second kappa shape index (κ2) is 5.35. The van der Waals surface area contributed by atoms with E-state index in [9.17, 15) is 14.7 Å². The summed E-state index contributed by atoms with van der Waals surface area (Å²) in [5.41, 5.74) is 1.23. The smallest absolute Gasteiger partial charge is 0.308 e. The molecule has 1 amide bonds. The molecule has 6 nitrogen and oxygen atoms in total. The Labute approximate surface area is 136 Å². The van der Waals surface area contributed by atoms with Crippen molar-refractivity contribution in [3.05, 3.63) is 17.5 Å². The molecule has 126 valence electrons. The van der Waals surface area contributed by atoms with Crippen LogP contribution >= 0.6 is 0 Å². The van der Waals surface area contributed by atoms with E-state index >= 15 is 0 Å². The Hall–Kier alpha value is -1.85. The number of hydrogen-bond donors (Lipinski definition) is 1. The van der Waals surface area contributed by atoms with Gasteiger partial charge in [-0.2, -0.15) is 5.10 Å². The molecule has 0 spiro atoms. The number of amides is 1. The molecule has 1 aromatic heterocycles. The standard InChI is InChI=1S/C17H25N3O3/c1-10-12(7-18-20(10)17(2,3)4)15(21)19-8-13(11-5-6-11)14(9-19)16(22)23/h7,11,13-14H,5-6,8-9H2,1-4H3,(H,22,23)/t13-,14+/m1/s1. The molecule has 1 aliphatic heterocycles. The lowest BCUT2D eigenvalue weighted by Crippen LogP contribution is -2.31. The number of carbonyl (C=O) groups is 2. The summed E-state index contributed by atoms with van der Waals surface area (Å²) in [6.45, 7) is 8.90. The molecule has 1 saturated heterocycles. The van der Waals surface area contributed by atoms with Crippen LogP contribution in [0.5, 0.6) is 0 Å². The molecule has 0 aromatic carbocycles. The monoisotopic (exact) mass is 319 g/mol. The van der Waals surface area contributed by atoms with Crippen molar-refractivity contribution >= 4 is 11.9 Å². The first-order valence-corrected chi connectivity index (χ1v) is 8.27. The highest BCUT2D eigenvalue weighted by atomic mass is 16.4. The first-order valence-electron chi connectivity index (χ1n) is 8.27. The van der Waals surface area contributed by atoms with Gasteiger partial charge in [-0.1, -0.05) is 0 Å². The van der Waals surface area contributed by atoms with E-state index in [1.807, 2.05) is 32.4 Å². The van der Waals surface area contributed by atoms with Crippen molar-refractivity contribution < 1.29 is 14.7 Å². The van der Waals surface area contributed by atoms with Crippen LogP contribution in [0.2, 0.25) is 0 Å². The fourth-order valence-corrected chi connectivity index (χ4v) is 3.72. The quantitative estimate of drug-likeness (QED) is 0.926.